The van der Waals surface area contributed by atoms with Crippen LogP contribution in [0.2, 0.25) is 0 Å². The summed E-state index contributed by atoms with van der Waals surface area (Å²) >= 11 is 1.56. The van der Waals surface area contributed by atoms with Gasteiger partial charge in [-0.15, -0.1) is 0 Å². The van der Waals surface area contributed by atoms with Gasteiger partial charge in [0.15, 0.2) is 0 Å². The molecule has 2 aliphatic rings. The molecule has 4 rings (SSSR count). The molecule has 0 bridgehead atoms. The molecule has 2 N–H and O–H groups in total. The number of halogens is 1. The molecular formula is C23H26FN3O6S2. The zero-order chi connectivity index (χ0) is 25.2. The first-order valence-electron chi connectivity index (χ1n) is 11.1. The average Bonchev–Trinajstić information content (AvgIpc) is 3.74. The van der Waals surface area contributed by atoms with Gasteiger partial charge < -0.3 is 15.2 Å². The van der Waals surface area contributed by atoms with Crippen LogP contribution in [-0.2, 0) is 25.3 Å². The molecular weight excluding hydrogens is 497 g/mol. The molecule has 2 heterocycles. The second-order valence-corrected chi connectivity index (χ2v) is 11.6. The highest BCUT2D eigenvalue weighted by Crippen LogP contribution is 2.32. The van der Waals surface area contributed by atoms with E-state index in [1.54, 1.807) is 23.9 Å². The maximum absolute atomic E-state index is 13.0. The van der Waals surface area contributed by atoms with Crippen LogP contribution in [0.3, 0.4) is 0 Å². The largest absolute Gasteiger partial charge is 0.481 e. The third-order valence-electron chi connectivity index (χ3n) is 5.91. The molecule has 3 atom stereocenters. The Morgan fingerprint density at radius 1 is 1.29 bits per heavy atom. The van der Waals surface area contributed by atoms with Gasteiger partial charge in [-0.2, -0.15) is 16.1 Å². The molecule has 0 spiro atoms. The van der Waals surface area contributed by atoms with E-state index in [0.29, 0.717) is 11.5 Å². The number of rotatable bonds is 12. The first kappa shape index (κ1) is 25.5. The van der Waals surface area contributed by atoms with Crippen LogP contribution in [0.25, 0.3) is 0 Å². The molecule has 1 aromatic carbocycles. The Labute approximate surface area is 207 Å². The Hall–Kier alpha value is -2.54. The summed E-state index contributed by atoms with van der Waals surface area (Å²) in [7, 11) is -2.28. The van der Waals surface area contributed by atoms with E-state index in [9.17, 15) is 27.5 Å². The number of hydrogen-bond acceptors (Lipinski definition) is 7. The van der Waals surface area contributed by atoms with Crippen LogP contribution in [0.5, 0.6) is 0 Å². The maximum Gasteiger partial charge on any atom is 0.305 e. The number of carboxylic acids is 1. The number of amides is 1. The van der Waals surface area contributed by atoms with Crippen LogP contribution in [0.4, 0.5) is 4.39 Å². The van der Waals surface area contributed by atoms with Gasteiger partial charge in [-0.1, -0.05) is 12.1 Å². The number of hydrogen-bond donors (Lipinski definition) is 2. The highest BCUT2D eigenvalue weighted by atomic mass is 32.2. The summed E-state index contributed by atoms with van der Waals surface area (Å²) in [6.07, 6.45) is 2.98. The SMILES string of the molecule is CN(C1CC1)S(=O)(=O)c1cncc(C(=O)N[C@@H](CC(=O)O)C2OC2CSCc2ccc(F)cc2)c1. The molecule has 188 valence electrons. The van der Waals surface area contributed by atoms with Gasteiger partial charge in [0.2, 0.25) is 10.0 Å². The van der Waals surface area contributed by atoms with E-state index in [0.717, 1.165) is 18.4 Å². The predicted octanol–water partition coefficient (Wildman–Crippen LogP) is 2.28. The summed E-state index contributed by atoms with van der Waals surface area (Å²) in [6, 6.07) is 6.61. The molecule has 1 saturated carbocycles. The lowest BCUT2D eigenvalue weighted by Crippen LogP contribution is -2.41. The van der Waals surface area contributed by atoms with Gasteiger partial charge in [0, 0.05) is 37.0 Å². The molecule has 12 heteroatoms. The van der Waals surface area contributed by atoms with Gasteiger partial charge in [0.1, 0.15) is 16.8 Å². The van der Waals surface area contributed by atoms with E-state index in [4.69, 9.17) is 4.74 Å². The molecule has 1 aromatic heterocycles. The fourth-order valence-corrected chi connectivity index (χ4v) is 6.14. The Balaban J connectivity index is 1.36. The van der Waals surface area contributed by atoms with Crippen LogP contribution in [0.1, 0.15) is 35.2 Å². The number of carbonyl (C=O) groups is 2. The number of nitrogens with zero attached hydrogens (tertiary/aromatic N) is 2. The summed E-state index contributed by atoms with van der Waals surface area (Å²) < 4.78 is 45.5. The van der Waals surface area contributed by atoms with Crippen LogP contribution < -0.4 is 5.32 Å². The Morgan fingerprint density at radius 3 is 2.66 bits per heavy atom. The van der Waals surface area contributed by atoms with E-state index in [1.165, 1.54) is 41.9 Å². The lowest BCUT2D eigenvalue weighted by molar-refractivity contribution is -0.137. The Kier molecular flexibility index (Phi) is 7.74. The lowest BCUT2D eigenvalue weighted by atomic mass is 10.1. The number of sulfonamides is 1. The molecule has 1 aliphatic carbocycles. The minimum Gasteiger partial charge on any atom is -0.481 e. The number of nitrogens with one attached hydrogen (secondary N) is 1. The number of thioether (sulfide) groups is 1. The van der Waals surface area contributed by atoms with Gasteiger partial charge in [-0.25, -0.2) is 12.8 Å². The average molecular weight is 524 g/mol. The van der Waals surface area contributed by atoms with Crippen molar-refractivity contribution in [3.8, 4) is 0 Å². The van der Waals surface area contributed by atoms with Gasteiger partial charge in [-0.3, -0.25) is 14.6 Å². The van der Waals surface area contributed by atoms with Gasteiger partial charge >= 0.3 is 5.97 Å². The second kappa shape index (κ2) is 10.6. The number of carboxylic acid groups (broad SMARTS) is 1. The number of benzene rings is 1. The maximum atomic E-state index is 13.0. The first-order chi connectivity index (χ1) is 16.6. The van der Waals surface area contributed by atoms with E-state index in [2.05, 4.69) is 10.3 Å². The quantitative estimate of drug-likeness (QED) is 0.406. The summed E-state index contributed by atoms with van der Waals surface area (Å²) in [6.45, 7) is 0. The van der Waals surface area contributed by atoms with Crippen LogP contribution in [0.15, 0.2) is 47.6 Å². The molecule has 2 aromatic rings. The first-order valence-corrected chi connectivity index (χ1v) is 13.7. The Bertz CT molecular complexity index is 1190. The summed E-state index contributed by atoms with van der Waals surface area (Å²) in [5.41, 5.74) is 0.979. The van der Waals surface area contributed by atoms with Crippen molar-refractivity contribution in [3.05, 3.63) is 59.7 Å². The number of pyridine rings is 1. The van der Waals surface area contributed by atoms with Crippen molar-refractivity contribution < 1.29 is 32.2 Å². The minimum absolute atomic E-state index is 0.0218. The predicted molar refractivity (Wildman–Crippen MR) is 127 cm³/mol. The van der Waals surface area contributed by atoms with E-state index >= 15 is 0 Å². The molecule has 35 heavy (non-hydrogen) atoms. The van der Waals surface area contributed by atoms with E-state index in [-0.39, 0.29) is 34.8 Å². The van der Waals surface area contributed by atoms with Crippen molar-refractivity contribution in [1.82, 2.24) is 14.6 Å². The lowest BCUT2D eigenvalue weighted by Gasteiger charge is -2.17. The normalized spacial score (nSPS) is 20.4. The topological polar surface area (TPSA) is 129 Å². The van der Waals surface area contributed by atoms with Crippen molar-refractivity contribution in [2.75, 3.05) is 12.8 Å². The van der Waals surface area contributed by atoms with Crippen LogP contribution in [-0.4, -0.2) is 71.8 Å². The number of aromatic nitrogens is 1. The fourth-order valence-electron chi connectivity index (χ4n) is 3.69. The van der Waals surface area contributed by atoms with Crippen molar-refractivity contribution in [2.45, 2.75) is 54.2 Å². The van der Waals surface area contributed by atoms with E-state index < -0.39 is 34.0 Å². The van der Waals surface area contributed by atoms with Crippen molar-refractivity contribution in [1.29, 1.82) is 0 Å². The minimum atomic E-state index is -3.78. The van der Waals surface area contributed by atoms with Gasteiger partial charge in [-0.05, 0) is 36.6 Å². The molecule has 9 nitrogen and oxygen atoms in total. The van der Waals surface area contributed by atoms with Crippen molar-refractivity contribution >= 4 is 33.7 Å². The van der Waals surface area contributed by atoms with Gasteiger partial charge in [0.05, 0.1) is 24.1 Å². The number of epoxide rings is 1. The summed E-state index contributed by atoms with van der Waals surface area (Å²) in [5.74, 6) is -0.793. The van der Waals surface area contributed by atoms with Crippen molar-refractivity contribution in [2.24, 2.45) is 0 Å². The molecule has 2 unspecified atom stereocenters. The van der Waals surface area contributed by atoms with Crippen LogP contribution in [0, 0.1) is 5.82 Å². The zero-order valence-corrected chi connectivity index (χ0v) is 20.6. The zero-order valence-electron chi connectivity index (χ0n) is 19.0. The third-order valence-corrected chi connectivity index (χ3v) is 8.88. The highest BCUT2D eigenvalue weighted by Gasteiger charge is 2.46. The number of ether oxygens (including phenoxy) is 1. The second-order valence-electron chi connectivity index (χ2n) is 8.62. The molecule has 1 aliphatic heterocycles. The monoisotopic (exact) mass is 523 g/mol. The summed E-state index contributed by atoms with van der Waals surface area (Å²) in [5, 5.41) is 12.0. The smallest absolute Gasteiger partial charge is 0.305 e. The van der Waals surface area contributed by atoms with E-state index in [1.807, 2.05) is 0 Å². The highest BCUT2D eigenvalue weighted by molar-refractivity contribution is 7.98. The standard InChI is InChI=1S/C23H26FN3O6S2/c1-27(17-6-7-17)35(31,32)18-8-15(10-25-11-18)23(30)26-19(9-21(28)29)22-20(33-22)13-34-12-14-2-4-16(24)5-3-14/h2-5,8,10-11,17,19-20,22H,6-7,9,12-13H2,1H3,(H,26,30)(H,28,29)/t19-,20?,22?/m0/s1. The number of aliphatic carboxylic acids is 1. The third kappa shape index (κ3) is 6.57. The molecule has 1 saturated heterocycles. The van der Waals surface area contributed by atoms with Gasteiger partial charge in [0.25, 0.3) is 5.91 Å². The van der Waals surface area contributed by atoms with Crippen LogP contribution >= 0.6 is 11.8 Å². The summed E-state index contributed by atoms with van der Waals surface area (Å²) in [4.78, 5) is 28.1. The fraction of sp³-hybridized carbons (Fsp3) is 0.435. The Morgan fingerprint density at radius 2 is 2.00 bits per heavy atom. The molecule has 1 amide bonds. The van der Waals surface area contributed by atoms with Crippen molar-refractivity contribution in [3.63, 3.8) is 0 Å². The molecule has 2 fully saturated rings. The molecule has 0 radical (unpaired) electrons. The number of carbonyl (C=O) groups excluding carboxylic acids is 1.